The smallest absolute Gasteiger partial charge is 0.312 e. The third-order valence-electron chi connectivity index (χ3n) is 9.49. The van der Waals surface area contributed by atoms with Gasteiger partial charge in [0.1, 0.15) is 17.7 Å². The fourth-order valence-corrected chi connectivity index (χ4v) is 7.22. The minimum atomic E-state index is -1.20. The Bertz CT molecular complexity index is 1080. The van der Waals surface area contributed by atoms with Crippen LogP contribution < -0.4 is 5.32 Å². The van der Waals surface area contributed by atoms with Crippen LogP contribution in [0.5, 0.6) is 0 Å². The highest BCUT2D eigenvalue weighted by atomic mass is 16.6. The second kappa shape index (κ2) is 15.0. The number of aliphatic hydroxyl groups is 1. The van der Waals surface area contributed by atoms with E-state index >= 15 is 0 Å². The molecule has 0 aromatic rings. The van der Waals surface area contributed by atoms with E-state index in [-0.39, 0.29) is 36.8 Å². The minimum Gasteiger partial charge on any atom is -0.460 e. The van der Waals surface area contributed by atoms with Crippen molar-refractivity contribution < 1.29 is 38.5 Å². The molecule has 0 aromatic heterocycles. The Balaban J connectivity index is 1.57. The van der Waals surface area contributed by atoms with E-state index in [0.717, 1.165) is 13.1 Å². The largest absolute Gasteiger partial charge is 0.460 e. The van der Waals surface area contributed by atoms with Gasteiger partial charge in [-0.25, -0.2) is 0 Å². The van der Waals surface area contributed by atoms with E-state index in [1.165, 1.54) is 4.90 Å². The SMILES string of the molecule is C=CCCC(=O)NC[C@H](C)OC(=O)[C@@H]1[C@H]2C(=O)N([C@@H](CO)C(C)C)[C@H](C(=O)N(CC=C)CCN3CCOCC3)[C@]23CC[C@H]1O3. The number of esters is 1. The normalized spacial score (nSPS) is 29.3. The van der Waals surface area contributed by atoms with Crippen LogP contribution in [0.25, 0.3) is 0 Å². The molecule has 4 heterocycles. The van der Waals surface area contributed by atoms with Gasteiger partial charge >= 0.3 is 5.97 Å². The highest BCUT2D eigenvalue weighted by molar-refractivity contribution is 5.98. The standard InChI is InChI=1S/C32H50N4O8/c1-6-8-9-25(38)33-19-22(5)43-31(41)26-24-10-11-32(44-24)27(26)29(39)36(23(20-37)21(3)4)28(32)30(40)35(12-7-2)14-13-34-15-17-42-18-16-34/h6-7,21-24,26-28,37H,1-2,8-20H2,3-5H3,(H,33,38)/t22-,23-,24+,26-,27-,28+,32-/m0/s1. The zero-order valence-corrected chi connectivity index (χ0v) is 26.4. The van der Waals surface area contributed by atoms with Gasteiger partial charge in [-0.05, 0) is 32.1 Å². The maximum atomic E-state index is 14.5. The molecule has 0 aromatic carbocycles. The molecule has 12 heteroatoms. The van der Waals surface area contributed by atoms with E-state index in [0.29, 0.717) is 58.5 Å². The molecule has 4 aliphatic heterocycles. The van der Waals surface area contributed by atoms with Gasteiger partial charge in [-0.15, -0.1) is 13.2 Å². The average molecular weight is 619 g/mol. The zero-order valence-electron chi connectivity index (χ0n) is 26.4. The molecule has 1 spiro atoms. The van der Waals surface area contributed by atoms with Gasteiger partial charge in [-0.3, -0.25) is 24.1 Å². The zero-order chi connectivity index (χ0) is 32.0. The Morgan fingerprint density at radius 2 is 1.93 bits per heavy atom. The summed E-state index contributed by atoms with van der Waals surface area (Å²) in [5, 5.41) is 13.2. The predicted molar refractivity (Wildman–Crippen MR) is 162 cm³/mol. The van der Waals surface area contributed by atoms with Crippen LogP contribution in [0.4, 0.5) is 0 Å². The number of nitrogens with zero attached hydrogens (tertiary/aromatic N) is 3. The van der Waals surface area contributed by atoms with Crippen molar-refractivity contribution in [3.05, 3.63) is 25.3 Å². The summed E-state index contributed by atoms with van der Waals surface area (Å²) < 4.78 is 17.8. The van der Waals surface area contributed by atoms with Crippen molar-refractivity contribution in [1.29, 1.82) is 0 Å². The number of rotatable bonds is 16. The Labute approximate surface area is 260 Å². The van der Waals surface area contributed by atoms with Gasteiger partial charge in [-0.1, -0.05) is 26.0 Å². The fourth-order valence-electron chi connectivity index (χ4n) is 7.22. The van der Waals surface area contributed by atoms with Gasteiger partial charge in [-0.2, -0.15) is 0 Å². The fraction of sp³-hybridized carbons (Fsp3) is 0.750. The molecule has 0 aliphatic carbocycles. The van der Waals surface area contributed by atoms with E-state index in [1.54, 1.807) is 24.0 Å². The van der Waals surface area contributed by atoms with E-state index in [9.17, 15) is 24.3 Å². The molecule has 4 rings (SSSR count). The first-order valence-electron chi connectivity index (χ1n) is 16.0. The first-order valence-corrected chi connectivity index (χ1v) is 16.0. The molecule has 2 N–H and O–H groups in total. The molecule has 4 fully saturated rings. The van der Waals surface area contributed by atoms with Crippen LogP contribution in [0.2, 0.25) is 0 Å². The number of ether oxygens (including phenoxy) is 3. The Morgan fingerprint density at radius 3 is 2.57 bits per heavy atom. The van der Waals surface area contributed by atoms with E-state index in [1.807, 2.05) is 13.8 Å². The molecule has 0 saturated carbocycles. The molecule has 2 bridgehead atoms. The predicted octanol–water partition coefficient (Wildman–Crippen LogP) is 0.739. The Hall–Kier alpha value is -2.80. The summed E-state index contributed by atoms with van der Waals surface area (Å²) in [5.41, 5.74) is -1.20. The molecular weight excluding hydrogens is 568 g/mol. The molecule has 4 aliphatic rings. The molecule has 7 atom stereocenters. The lowest BCUT2D eigenvalue weighted by Gasteiger charge is -2.40. The number of hydrogen-bond donors (Lipinski definition) is 2. The first-order chi connectivity index (χ1) is 21.1. The summed E-state index contributed by atoms with van der Waals surface area (Å²) in [7, 11) is 0. The Kier molecular flexibility index (Phi) is 11.6. The van der Waals surface area contributed by atoms with E-state index in [2.05, 4.69) is 23.4 Å². The van der Waals surface area contributed by atoms with E-state index < -0.39 is 47.7 Å². The number of likely N-dealkylation sites (tertiary alicyclic amines) is 1. The second-order valence-corrected chi connectivity index (χ2v) is 12.7. The average Bonchev–Trinajstić information content (AvgIpc) is 3.65. The molecule has 3 amide bonds. The summed E-state index contributed by atoms with van der Waals surface area (Å²) in [6.07, 6.45) is 3.95. The number of amides is 3. The van der Waals surface area contributed by atoms with Gasteiger partial charge in [0.25, 0.3) is 0 Å². The number of nitrogens with one attached hydrogen (secondary N) is 1. The maximum absolute atomic E-state index is 14.5. The van der Waals surface area contributed by atoms with Gasteiger partial charge in [0.2, 0.25) is 17.7 Å². The van der Waals surface area contributed by atoms with Crippen LogP contribution in [0.1, 0.15) is 46.5 Å². The van der Waals surface area contributed by atoms with Crippen molar-refractivity contribution in [1.82, 2.24) is 20.0 Å². The number of aliphatic hydroxyl groups excluding tert-OH is 1. The number of allylic oxidation sites excluding steroid dienone is 1. The summed E-state index contributed by atoms with van der Waals surface area (Å²) in [6, 6.07) is -1.63. The van der Waals surface area contributed by atoms with Crippen molar-refractivity contribution in [3.63, 3.8) is 0 Å². The number of carbonyl (C=O) groups is 4. The lowest BCUT2D eigenvalue weighted by Crippen LogP contribution is -2.60. The summed E-state index contributed by atoms with van der Waals surface area (Å²) >= 11 is 0. The molecular formula is C32H50N4O8. The molecule has 0 radical (unpaired) electrons. The van der Waals surface area contributed by atoms with Gasteiger partial charge in [0.15, 0.2) is 0 Å². The van der Waals surface area contributed by atoms with Crippen molar-refractivity contribution >= 4 is 23.7 Å². The Morgan fingerprint density at radius 1 is 1.20 bits per heavy atom. The van der Waals surface area contributed by atoms with Crippen LogP contribution in [0, 0.1) is 17.8 Å². The molecule has 12 nitrogen and oxygen atoms in total. The van der Waals surface area contributed by atoms with Crippen molar-refractivity contribution in [3.8, 4) is 0 Å². The topological polar surface area (TPSA) is 138 Å². The minimum absolute atomic E-state index is 0.135. The van der Waals surface area contributed by atoms with Crippen LogP contribution in [-0.2, 0) is 33.4 Å². The molecule has 4 saturated heterocycles. The summed E-state index contributed by atoms with van der Waals surface area (Å²) in [6.45, 7) is 17.0. The third kappa shape index (κ3) is 6.88. The van der Waals surface area contributed by atoms with Gasteiger partial charge in [0, 0.05) is 39.1 Å². The monoisotopic (exact) mass is 618 g/mol. The van der Waals surface area contributed by atoms with Crippen LogP contribution in [0.15, 0.2) is 25.3 Å². The molecule has 0 unspecified atom stereocenters. The van der Waals surface area contributed by atoms with Gasteiger partial charge in [0.05, 0.1) is 50.3 Å². The quantitative estimate of drug-likeness (QED) is 0.190. The highest BCUT2D eigenvalue weighted by Gasteiger charge is 2.75. The molecule has 44 heavy (non-hydrogen) atoms. The summed E-state index contributed by atoms with van der Waals surface area (Å²) in [4.78, 5) is 60.0. The third-order valence-corrected chi connectivity index (χ3v) is 9.49. The first kappa shape index (κ1) is 34.1. The number of fused-ring (bicyclic) bond motifs is 1. The summed E-state index contributed by atoms with van der Waals surface area (Å²) in [5.74, 6) is -3.31. The lowest BCUT2D eigenvalue weighted by atomic mass is 9.70. The van der Waals surface area contributed by atoms with Crippen molar-refractivity contribution in [2.24, 2.45) is 17.8 Å². The number of hydrogen-bond acceptors (Lipinski definition) is 9. The molecule has 246 valence electrons. The van der Waals surface area contributed by atoms with E-state index in [4.69, 9.17) is 14.2 Å². The lowest BCUT2D eigenvalue weighted by molar-refractivity contribution is -0.160. The van der Waals surface area contributed by atoms with Crippen LogP contribution in [0.3, 0.4) is 0 Å². The van der Waals surface area contributed by atoms with Crippen LogP contribution >= 0.6 is 0 Å². The maximum Gasteiger partial charge on any atom is 0.312 e. The second-order valence-electron chi connectivity index (χ2n) is 12.7. The number of morpholine rings is 1. The van der Waals surface area contributed by atoms with Crippen molar-refractivity contribution in [2.45, 2.75) is 76.3 Å². The van der Waals surface area contributed by atoms with Crippen molar-refractivity contribution in [2.75, 3.05) is 59.1 Å². The van der Waals surface area contributed by atoms with Gasteiger partial charge < -0.3 is 34.4 Å². The highest BCUT2D eigenvalue weighted by Crippen LogP contribution is 2.59. The van der Waals surface area contributed by atoms with Crippen LogP contribution in [-0.4, -0.2) is 132 Å². The number of carbonyl (C=O) groups excluding carboxylic acids is 4.